The zero-order valence-electron chi connectivity index (χ0n) is 12.4. The van der Waals surface area contributed by atoms with Gasteiger partial charge in [0.15, 0.2) is 0 Å². The molecule has 1 heterocycles. The van der Waals surface area contributed by atoms with Gasteiger partial charge in [-0.05, 0) is 56.3 Å². The van der Waals surface area contributed by atoms with Gasteiger partial charge in [0.05, 0.1) is 6.33 Å². The van der Waals surface area contributed by atoms with Crippen LogP contribution in [0, 0.1) is 17.8 Å². The minimum Gasteiger partial charge on any atom is -0.345 e. The second-order valence-corrected chi connectivity index (χ2v) is 7.44. The Kier molecular flexibility index (Phi) is 3.06. The van der Waals surface area contributed by atoms with Gasteiger partial charge >= 0.3 is 0 Å². The van der Waals surface area contributed by atoms with Crippen LogP contribution >= 0.6 is 0 Å². The summed E-state index contributed by atoms with van der Waals surface area (Å²) in [7, 11) is 0. The highest BCUT2D eigenvalue weighted by molar-refractivity contribution is 5.92. The number of imidazole rings is 1. The first-order valence-corrected chi connectivity index (χ1v) is 8.20. The van der Waals surface area contributed by atoms with Crippen LogP contribution in [0.5, 0.6) is 0 Å². The molecule has 4 fully saturated rings. The number of carbonyl (C=O) groups is 1. The molecule has 1 amide bonds. The van der Waals surface area contributed by atoms with E-state index in [0.29, 0.717) is 18.8 Å². The van der Waals surface area contributed by atoms with Gasteiger partial charge in [-0.2, -0.15) is 0 Å². The standard InChI is InChI=1S/C16H24N4O/c17-1-2-20-9-14(18-10-20)15(21)19-16-6-11-3-12(7-16)5-13(4-11)8-16/h9-13H,1-8,17H2,(H,19,21). The molecule has 4 bridgehead atoms. The largest absolute Gasteiger partial charge is 0.345 e. The zero-order chi connectivity index (χ0) is 14.4. The van der Waals surface area contributed by atoms with Gasteiger partial charge < -0.3 is 15.6 Å². The van der Waals surface area contributed by atoms with Crippen molar-refractivity contribution in [3.8, 4) is 0 Å². The first-order valence-electron chi connectivity index (χ1n) is 8.20. The quantitative estimate of drug-likeness (QED) is 0.882. The topological polar surface area (TPSA) is 72.9 Å². The van der Waals surface area contributed by atoms with Gasteiger partial charge in [-0.15, -0.1) is 0 Å². The molecule has 5 heteroatoms. The van der Waals surface area contributed by atoms with Crippen LogP contribution in [0.15, 0.2) is 12.5 Å². The van der Waals surface area contributed by atoms with Crippen LogP contribution in [-0.4, -0.2) is 27.5 Å². The lowest BCUT2D eigenvalue weighted by Gasteiger charge is -2.56. The van der Waals surface area contributed by atoms with Crippen molar-refractivity contribution in [3.05, 3.63) is 18.2 Å². The molecular formula is C16H24N4O. The van der Waals surface area contributed by atoms with Crippen molar-refractivity contribution < 1.29 is 4.79 Å². The van der Waals surface area contributed by atoms with Gasteiger partial charge in [-0.3, -0.25) is 4.79 Å². The summed E-state index contributed by atoms with van der Waals surface area (Å²) in [5, 5.41) is 3.35. The summed E-state index contributed by atoms with van der Waals surface area (Å²) >= 11 is 0. The number of nitrogens with two attached hydrogens (primary N) is 1. The summed E-state index contributed by atoms with van der Waals surface area (Å²) in [6, 6.07) is 0. The monoisotopic (exact) mass is 288 g/mol. The maximum atomic E-state index is 12.5. The molecule has 4 aliphatic carbocycles. The highest BCUT2D eigenvalue weighted by Gasteiger charge is 2.51. The van der Waals surface area contributed by atoms with Gasteiger partial charge in [0.2, 0.25) is 0 Å². The smallest absolute Gasteiger partial charge is 0.271 e. The summed E-state index contributed by atoms with van der Waals surface area (Å²) in [6.45, 7) is 1.27. The third-order valence-corrected chi connectivity index (χ3v) is 5.67. The van der Waals surface area contributed by atoms with E-state index in [-0.39, 0.29) is 11.4 Å². The fourth-order valence-corrected chi connectivity index (χ4v) is 5.32. The Bertz CT molecular complexity index is 515. The molecule has 0 aromatic carbocycles. The molecule has 0 spiro atoms. The number of rotatable bonds is 4. The highest BCUT2D eigenvalue weighted by atomic mass is 16.2. The molecule has 5 rings (SSSR count). The molecule has 114 valence electrons. The molecule has 4 aliphatic rings. The molecule has 0 aliphatic heterocycles. The van der Waals surface area contributed by atoms with Crippen LogP contribution in [0.4, 0.5) is 0 Å². The third kappa shape index (κ3) is 2.37. The Hall–Kier alpha value is -1.36. The van der Waals surface area contributed by atoms with Crippen molar-refractivity contribution in [2.45, 2.75) is 50.6 Å². The molecule has 21 heavy (non-hydrogen) atoms. The maximum absolute atomic E-state index is 12.5. The van der Waals surface area contributed by atoms with E-state index in [2.05, 4.69) is 10.3 Å². The van der Waals surface area contributed by atoms with Gasteiger partial charge in [0.25, 0.3) is 5.91 Å². The predicted octanol–water partition coefficient (Wildman–Crippen LogP) is 1.54. The number of nitrogens with one attached hydrogen (secondary N) is 1. The van der Waals surface area contributed by atoms with Crippen LogP contribution in [0.1, 0.15) is 49.0 Å². The average molecular weight is 288 g/mol. The Morgan fingerprint density at radius 3 is 2.48 bits per heavy atom. The van der Waals surface area contributed by atoms with E-state index >= 15 is 0 Å². The van der Waals surface area contributed by atoms with Gasteiger partial charge in [-0.1, -0.05) is 0 Å². The van der Waals surface area contributed by atoms with E-state index in [1.54, 1.807) is 6.33 Å². The summed E-state index contributed by atoms with van der Waals surface area (Å²) in [4.78, 5) is 16.8. The van der Waals surface area contributed by atoms with Crippen LogP contribution in [0.2, 0.25) is 0 Å². The van der Waals surface area contributed by atoms with Crippen molar-refractivity contribution in [1.29, 1.82) is 0 Å². The van der Waals surface area contributed by atoms with Gasteiger partial charge in [0.1, 0.15) is 5.69 Å². The van der Waals surface area contributed by atoms with Crippen LogP contribution < -0.4 is 11.1 Å². The Balaban J connectivity index is 1.48. The lowest BCUT2D eigenvalue weighted by Crippen LogP contribution is -2.59. The van der Waals surface area contributed by atoms with E-state index in [4.69, 9.17) is 5.73 Å². The number of hydrogen-bond acceptors (Lipinski definition) is 3. The number of nitrogens with zero attached hydrogens (tertiary/aromatic N) is 2. The van der Waals surface area contributed by atoms with Crippen molar-refractivity contribution in [2.24, 2.45) is 23.5 Å². The van der Waals surface area contributed by atoms with E-state index < -0.39 is 0 Å². The molecule has 4 saturated carbocycles. The Labute approximate surface area is 125 Å². The minimum atomic E-state index is -0.00674. The molecular weight excluding hydrogens is 264 g/mol. The molecule has 1 aromatic rings. The normalized spacial score (nSPS) is 36.9. The summed E-state index contributed by atoms with van der Waals surface area (Å²) in [6.07, 6.45) is 11.2. The number of hydrogen-bond donors (Lipinski definition) is 2. The molecule has 5 nitrogen and oxygen atoms in total. The Morgan fingerprint density at radius 2 is 1.90 bits per heavy atom. The first kappa shape index (κ1) is 13.3. The predicted molar refractivity (Wildman–Crippen MR) is 79.7 cm³/mol. The number of aromatic nitrogens is 2. The summed E-state index contributed by atoms with van der Waals surface area (Å²) < 4.78 is 1.88. The fourth-order valence-electron chi connectivity index (χ4n) is 5.32. The first-order chi connectivity index (χ1) is 10.2. The second kappa shape index (κ2) is 4.83. The molecule has 1 aromatic heterocycles. The average Bonchev–Trinajstić information content (AvgIpc) is 2.85. The van der Waals surface area contributed by atoms with E-state index in [9.17, 15) is 4.79 Å². The molecule has 0 saturated heterocycles. The van der Waals surface area contributed by atoms with Crippen LogP contribution in [-0.2, 0) is 6.54 Å². The molecule has 0 radical (unpaired) electrons. The van der Waals surface area contributed by atoms with Crippen LogP contribution in [0.3, 0.4) is 0 Å². The number of carbonyl (C=O) groups excluding carboxylic acids is 1. The van der Waals surface area contributed by atoms with Crippen molar-refractivity contribution >= 4 is 5.91 Å². The Morgan fingerprint density at radius 1 is 1.29 bits per heavy atom. The van der Waals surface area contributed by atoms with E-state index in [0.717, 1.165) is 17.8 Å². The summed E-state index contributed by atoms with van der Waals surface area (Å²) in [5.41, 5.74) is 6.12. The van der Waals surface area contributed by atoms with Gasteiger partial charge in [-0.25, -0.2) is 4.98 Å². The fraction of sp³-hybridized carbons (Fsp3) is 0.750. The van der Waals surface area contributed by atoms with E-state index in [1.807, 2.05) is 10.8 Å². The van der Waals surface area contributed by atoms with Crippen molar-refractivity contribution in [1.82, 2.24) is 14.9 Å². The highest BCUT2D eigenvalue weighted by Crippen LogP contribution is 2.55. The van der Waals surface area contributed by atoms with Crippen molar-refractivity contribution in [2.75, 3.05) is 6.54 Å². The minimum absolute atomic E-state index is 0.00674. The van der Waals surface area contributed by atoms with Gasteiger partial charge in [0, 0.05) is 24.8 Å². The second-order valence-electron chi connectivity index (χ2n) is 7.44. The van der Waals surface area contributed by atoms with E-state index in [1.165, 1.54) is 38.5 Å². The lowest BCUT2D eigenvalue weighted by molar-refractivity contribution is -0.0167. The molecule has 3 N–H and O–H groups in total. The van der Waals surface area contributed by atoms with Crippen molar-refractivity contribution in [3.63, 3.8) is 0 Å². The number of amides is 1. The lowest BCUT2D eigenvalue weighted by atomic mass is 9.53. The molecule has 0 atom stereocenters. The zero-order valence-corrected chi connectivity index (χ0v) is 12.4. The SMILES string of the molecule is NCCn1cnc(C(=O)NC23CC4CC(CC(C4)C2)C3)c1. The molecule has 0 unspecified atom stereocenters. The van der Waals surface area contributed by atoms with Crippen LogP contribution in [0.25, 0.3) is 0 Å². The third-order valence-electron chi connectivity index (χ3n) is 5.67. The maximum Gasteiger partial charge on any atom is 0.271 e. The summed E-state index contributed by atoms with van der Waals surface area (Å²) in [5.74, 6) is 2.51.